The van der Waals surface area contributed by atoms with Gasteiger partial charge in [0.2, 0.25) is 0 Å². The van der Waals surface area contributed by atoms with Crippen molar-refractivity contribution in [1.29, 1.82) is 0 Å². The molecule has 0 atom stereocenters. The minimum absolute atomic E-state index is 0.0365. The average Bonchev–Trinajstić information content (AvgIpc) is 2.14. The summed E-state index contributed by atoms with van der Waals surface area (Å²) in [5.74, 6) is -0.0365. The smallest absolute Gasteiger partial charge is 0.181 e. The average molecular weight is 139 g/mol. The molecule has 0 radical (unpaired) electrons. The van der Waals surface area contributed by atoms with Gasteiger partial charge in [-0.1, -0.05) is 5.21 Å². The Kier molecular flexibility index (Phi) is 1.53. The van der Waals surface area contributed by atoms with Gasteiger partial charge in [-0.3, -0.25) is 9.48 Å². The summed E-state index contributed by atoms with van der Waals surface area (Å²) in [6, 6.07) is 0. The Hall–Kier alpha value is -1.19. The fraction of sp³-hybridized carbons (Fsp3) is 0.500. The van der Waals surface area contributed by atoms with Gasteiger partial charge in [-0.2, -0.15) is 0 Å². The van der Waals surface area contributed by atoms with Crippen molar-refractivity contribution in [2.75, 3.05) is 0 Å². The molecule has 0 saturated carbocycles. The fourth-order valence-electron chi connectivity index (χ4n) is 0.730. The highest BCUT2D eigenvalue weighted by Gasteiger charge is 2.08. The lowest BCUT2D eigenvalue weighted by Gasteiger charge is -1.90. The second-order valence-electron chi connectivity index (χ2n) is 2.20. The number of aryl methyl sites for hydroxylation is 1. The second kappa shape index (κ2) is 2.21. The minimum atomic E-state index is -0.0365. The number of Topliss-reactive ketones (excluding diaryl/α,β-unsaturated/α-hetero) is 1. The van der Waals surface area contributed by atoms with Gasteiger partial charge in [0.15, 0.2) is 11.5 Å². The van der Waals surface area contributed by atoms with Gasteiger partial charge in [-0.15, -0.1) is 5.10 Å². The zero-order valence-electron chi connectivity index (χ0n) is 6.25. The lowest BCUT2D eigenvalue weighted by Crippen LogP contribution is -1.97. The van der Waals surface area contributed by atoms with E-state index in [2.05, 4.69) is 10.3 Å². The van der Waals surface area contributed by atoms with Crippen LogP contribution < -0.4 is 0 Å². The zero-order valence-corrected chi connectivity index (χ0v) is 6.25. The summed E-state index contributed by atoms with van der Waals surface area (Å²) in [5, 5.41) is 7.36. The summed E-state index contributed by atoms with van der Waals surface area (Å²) < 4.78 is 1.58. The van der Waals surface area contributed by atoms with Crippen LogP contribution in [0.4, 0.5) is 0 Å². The van der Waals surface area contributed by atoms with Gasteiger partial charge in [0.25, 0.3) is 0 Å². The summed E-state index contributed by atoms with van der Waals surface area (Å²) in [4.78, 5) is 10.8. The molecule has 1 rings (SSSR count). The molecule has 0 bridgehead atoms. The van der Waals surface area contributed by atoms with Crippen molar-refractivity contribution in [1.82, 2.24) is 15.0 Å². The second-order valence-corrected chi connectivity index (χ2v) is 2.20. The number of hydrogen-bond acceptors (Lipinski definition) is 3. The molecule has 4 heteroatoms. The summed E-state index contributed by atoms with van der Waals surface area (Å²) in [6.45, 7) is 3.30. The first kappa shape index (κ1) is 6.92. The van der Waals surface area contributed by atoms with E-state index < -0.39 is 0 Å². The van der Waals surface area contributed by atoms with Crippen LogP contribution in [0.3, 0.4) is 0 Å². The highest BCUT2D eigenvalue weighted by atomic mass is 16.1. The van der Waals surface area contributed by atoms with Gasteiger partial charge in [0.1, 0.15) is 0 Å². The summed E-state index contributed by atoms with van der Waals surface area (Å²) in [7, 11) is 1.76. The Labute approximate surface area is 58.8 Å². The van der Waals surface area contributed by atoms with Crippen molar-refractivity contribution in [3.8, 4) is 0 Å². The molecule has 1 aromatic rings. The monoisotopic (exact) mass is 139 g/mol. The molecule has 0 aliphatic carbocycles. The van der Waals surface area contributed by atoms with Gasteiger partial charge >= 0.3 is 0 Å². The summed E-state index contributed by atoms with van der Waals surface area (Å²) >= 11 is 0. The third-order valence-electron chi connectivity index (χ3n) is 1.44. The van der Waals surface area contributed by atoms with Crippen LogP contribution in [0, 0.1) is 6.92 Å². The van der Waals surface area contributed by atoms with Gasteiger partial charge in [-0.25, -0.2) is 0 Å². The van der Waals surface area contributed by atoms with Crippen LogP contribution in [0.25, 0.3) is 0 Å². The standard InChI is InChI=1S/C6H9N3O/c1-4-6(5(2)10)7-8-9(4)3/h1-3H3. The lowest BCUT2D eigenvalue weighted by molar-refractivity contribution is 0.101. The molecule has 0 fully saturated rings. The van der Waals surface area contributed by atoms with E-state index in [1.165, 1.54) is 6.92 Å². The van der Waals surface area contributed by atoms with Gasteiger partial charge in [-0.05, 0) is 6.92 Å². The molecular formula is C6H9N3O. The van der Waals surface area contributed by atoms with Gasteiger partial charge in [0.05, 0.1) is 5.69 Å². The van der Waals surface area contributed by atoms with Crippen molar-refractivity contribution in [3.63, 3.8) is 0 Å². The maximum Gasteiger partial charge on any atom is 0.181 e. The zero-order chi connectivity index (χ0) is 7.72. The van der Waals surface area contributed by atoms with E-state index in [1.54, 1.807) is 11.7 Å². The highest BCUT2D eigenvalue weighted by molar-refractivity contribution is 5.92. The number of carbonyl (C=O) groups excluding carboxylic acids is 1. The number of nitrogens with zero attached hydrogens (tertiary/aromatic N) is 3. The molecule has 4 nitrogen and oxygen atoms in total. The maximum atomic E-state index is 10.8. The molecule has 0 aliphatic heterocycles. The number of hydrogen-bond donors (Lipinski definition) is 0. The lowest BCUT2D eigenvalue weighted by atomic mass is 10.3. The SMILES string of the molecule is CC(=O)c1nnn(C)c1C. The van der Waals surface area contributed by atoms with E-state index in [1.807, 2.05) is 6.92 Å². The first-order valence-electron chi connectivity index (χ1n) is 3.00. The maximum absolute atomic E-state index is 10.8. The quantitative estimate of drug-likeness (QED) is 0.526. The van der Waals surface area contributed by atoms with Crippen LogP contribution in [0.2, 0.25) is 0 Å². The molecule has 0 aliphatic rings. The molecule has 0 saturated heterocycles. The summed E-state index contributed by atoms with van der Waals surface area (Å²) in [5.41, 5.74) is 1.27. The molecule has 0 unspecified atom stereocenters. The van der Waals surface area contributed by atoms with Crippen molar-refractivity contribution in [3.05, 3.63) is 11.4 Å². The van der Waals surface area contributed by atoms with E-state index in [4.69, 9.17) is 0 Å². The molecule has 10 heavy (non-hydrogen) atoms. The van der Waals surface area contributed by atoms with Crippen molar-refractivity contribution < 1.29 is 4.79 Å². The number of ketones is 1. The van der Waals surface area contributed by atoms with E-state index in [9.17, 15) is 4.79 Å². The van der Waals surface area contributed by atoms with Crippen LogP contribution in [0.5, 0.6) is 0 Å². The van der Waals surface area contributed by atoms with E-state index >= 15 is 0 Å². The predicted molar refractivity (Wildman–Crippen MR) is 35.7 cm³/mol. The van der Waals surface area contributed by atoms with Crippen LogP contribution >= 0.6 is 0 Å². The summed E-state index contributed by atoms with van der Waals surface area (Å²) in [6.07, 6.45) is 0. The first-order valence-corrected chi connectivity index (χ1v) is 3.00. The van der Waals surface area contributed by atoms with Crippen LogP contribution in [-0.2, 0) is 7.05 Å². The largest absolute Gasteiger partial charge is 0.293 e. The van der Waals surface area contributed by atoms with Crippen LogP contribution in [0.1, 0.15) is 23.1 Å². The Morgan fingerprint density at radius 3 is 2.40 bits per heavy atom. The predicted octanol–water partition coefficient (Wildman–Crippen LogP) is 0.326. The molecule has 0 N–H and O–H groups in total. The molecule has 54 valence electrons. The molecule has 0 amide bonds. The number of rotatable bonds is 1. The molecule has 0 aromatic carbocycles. The Morgan fingerprint density at radius 2 is 2.20 bits per heavy atom. The molecule has 0 spiro atoms. The number of carbonyl (C=O) groups is 1. The highest BCUT2D eigenvalue weighted by Crippen LogP contribution is 2.01. The molecule has 1 heterocycles. The van der Waals surface area contributed by atoms with Crippen molar-refractivity contribution in [2.45, 2.75) is 13.8 Å². The first-order chi connectivity index (χ1) is 4.63. The minimum Gasteiger partial charge on any atom is -0.293 e. The van der Waals surface area contributed by atoms with Gasteiger partial charge < -0.3 is 0 Å². The normalized spacial score (nSPS) is 9.90. The van der Waals surface area contributed by atoms with Gasteiger partial charge in [0, 0.05) is 14.0 Å². The fourth-order valence-corrected chi connectivity index (χ4v) is 0.730. The third-order valence-corrected chi connectivity index (χ3v) is 1.44. The Bertz CT molecular complexity index is 264. The van der Waals surface area contributed by atoms with E-state index in [0.717, 1.165) is 5.69 Å². The van der Waals surface area contributed by atoms with Crippen molar-refractivity contribution in [2.24, 2.45) is 7.05 Å². The van der Waals surface area contributed by atoms with Crippen molar-refractivity contribution >= 4 is 5.78 Å². The molecular weight excluding hydrogens is 130 g/mol. The molecule has 1 aromatic heterocycles. The van der Waals surface area contributed by atoms with Crippen LogP contribution in [-0.4, -0.2) is 20.8 Å². The Balaban J connectivity index is 3.17. The van der Waals surface area contributed by atoms with E-state index in [0.29, 0.717) is 5.69 Å². The Morgan fingerprint density at radius 1 is 1.60 bits per heavy atom. The van der Waals surface area contributed by atoms with E-state index in [-0.39, 0.29) is 5.78 Å². The third kappa shape index (κ3) is 0.920. The van der Waals surface area contributed by atoms with Crippen LogP contribution in [0.15, 0.2) is 0 Å². The number of aromatic nitrogens is 3. The topological polar surface area (TPSA) is 47.8 Å².